The minimum Gasteiger partial charge on any atom is -0.317 e. The van der Waals surface area contributed by atoms with E-state index in [0.29, 0.717) is 18.9 Å². The van der Waals surface area contributed by atoms with Crippen LogP contribution in [0, 0.1) is 0 Å². The Labute approximate surface area is 94.2 Å². The highest BCUT2D eigenvalue weighted by Gasteiger charge is 2.25. The first-order chi connectivity index (χ1) is 7.83. The number of nitrogens with one attached hydrogen (secondary N) is 1. The van der Waals surface area contributed by atoms with Gasteiger partial charge < -0.3 is 5.32 Å². The van der Waals surface area contributed by atoms with Crippen LogP contribution < -0.4 is 5.32 Å². The lowest BCUT2D eigenvalue weighted by molar-refractivity contribution is 0.241. The molecular formula is C11H17FN4. The molecule has 3 rings (SSSR count). The van der Waals surface area contributed by atoms with Crippen LogP contribution in [0.3, 0.4) is 0 Å². The van der Waals surface area contributed by atoms with E-state index in [0.717, 1.165) is 44.0 Å². The van der Waals surface area contributed by atoms with E-state index >= 15 is 0 Å². The molecule has 2 aliphatic heterocycles. The van der Waals surface area contributed by atoms with Crippen LogP contribution in [-0.4, -0.2) is 34.0 Å². The van der Waals surface area contributed by atoms with Crippen LogP contribution in [0.4, 0.5) is 4.39 Å². The lowest BCUT2D eigenvalue weighted by Gasteiger charge is -2.19. The first-order valence-electron chi connectivity index (χ1n) is 6.11. The first-order valence-corrected chi connectivity index (χ1v) is 6.11. The molecular weight excluding hydrogens is 207 g/mol. The Morgan fingerprint density at radius 2 is 2.06 bits per heavy atom. The number of halogens is 1. The summed E-state index contributed by atoms with van der Waals surface area (Å²) < 4.78 is 15.0. The molecule has 88 valence electrons. The number of aryl methyl sites for hydroxylation is 1. The molecule has 0 amide bonds. The van der Waals surface area contributed by atoms with Crippen molar-refractivity contribution < 1.29 is 4.39 Å². The van der Waals surface area contributed by atoms with Gasteiger partial charge in [0.2, 0.25) is 0 Å². The van der Waals surface area contributed by atoms with Crippen LogP contribution >= 0.6 is 0 Å². The normalized spacial score (nSPS) is 26.7. The summed E-state index contributed by atoms with van der Waals surface area (Å²) in [6.07, 6.45) is 2.80. The molecule has 1 fully saturated rings. The molecule has 0 bridgehead atoms. The van der Waals surface area contributed by atoms with Gasteiger partial charge in [-0.2, -0.15) is 5.10 Å². The van der Waals surface area contributed by atoms with Crippen LogP contribution in [-0.2, 0) is 13.0 Å². The minimum absolute atomic E-state index is 0.396. The molecule has 1 aromatic heterocycles. The molecule has 3 heterocycles. The number of hydrogen-bond acceptors (Lipinski definition) is 3. The van der Waals surface area contributed by atoms with Crippen LogP contribution in [0.25, 0.3) is 0 Å². The second-order valence-electron chi connectivity index (χ2n) is 4.73. The summed E-state index contributed by atoms with van der Waals surface area (Å²) in [5.74, 6) is 2.38. The van der Waals surface area contributed by atoms with Gasteiger partial charge >= 0.3 is 0 Å². The number of rotatable bonds is 1. The van der Waals surface area contributed by atoms with Gasteiger partial charge in [-0.25, -0.2) is 14.1 Å². The highest BCUT2D eigenvalue weighted by atomic mass is 19.1. The minimum atomic E-state index is -0.741. The van der Waals surface area contributed by atoms with Crippen molar-refractivity contribution in [2.45, 2.75) is 44.3 Å². The number of alkyl halides is 1. The second-order valence-corrected chi connectivity index (χ2v) is 4.73. The predicted molar refractivity (Wildman–Crippen MR) is 58.1 cm³/mol. The smallest absolute Gasteiger partial charge is 0.154 e. The van der Waals surface area contributed by atoms with Gasteiger partial charge in [-0.15, -0.1) is 0 Å². The van der Waals surface area contributed by atoms with Crippen molar-refractivity contribution in [3.8, 4) is 0 Å². The van der Waals surface area contributed by atoms with Gasteiger partial charge in [-0.1, -0.05) is 0 Å². The Morgan fingerprint density at radius 1 is 1.25 bits per heavy atom. The molecule has 0 saturated carbocycles. The zero-order chi connectivity index (χ0) is 11.0. The van der Waals surface area contributed by atoms with E-state index < -0.39 is 6.17 Å². The average molecular weight is 224 g/mol. The SMILES string of the molecule is FC1CCc2nc(C3CCNCC3)nn2C1. The number of aromatic nitrogens is 3. The standard InChI is InChI=1S/C11H17FN4/c12-9-1-2-10-14-11(15-16(10)7-9)8-3-5-13-6-4-8/h8-9,13H,1-7H2. The fourth-order valence-electron chi connectivity index (χ4n) is 2.54. The van der Waals surface area contributed by atoms with Crippen LogP contribution in [0.15, 0.2) is 0 Å². The van der Waals surface area contributed by atoms with Crippen molar-refractivity contribution in [2.24, 2.45) is 0 Å². The molecule has 0 spiro atoms. The average Bonchev–Trinajstić information content (AvgIpc) is 2.73. The maximum atomic E-state index is 13.2. The number of nitrogens with zero attached hydrogens (tertiary/aromatic N) is 3. The van der Waals surface area contributed by atoms with Gasteiger partial charge in [-0.05, 0) is 32.4 Å². The van der Waals surface area contributed by atoms with Gasteiger partial charge in [0.1, 0.15) is 12.0 Å². The summed E-state index contributed by atoms with van der Waals surface area (Å²) >= 11 is 0. The Bertz CT molecular complexity index is 370. The summed E-state index contributed by atoms with van der Waals surface area (Å²) in [4.78, 5) is 4.57. The van der Waals surface area contributed by atoms with Crippen molar-refractivity contribution in [2.75, 3.05) is 13.1 Å². The molecule has 1 N–H and O–H groups in total. The molecule has 5 heteroatoms. The molecule has 1 unspecified atom stereocenters. The molecule has 16 heavy (non-hydrogen) atoms. The van der Waals surface area contributed by atoms with E-state index in [1.807, 2.05) is 0 Å². The van der Waals surface area contributed by atoms with Crippen LogP contribution in [0.2, 0.25) is 0 Å². The van der Waals surface area contributed by atoms with Gasteiger partial charge in [0.15, 0.2) is 5.82 Å². The molecule has 0 aliphatic carbocycles. The fraction of sp³-hybridized carbons (Fsp3) is 0.818. The summed E-state index contributed by atoms with van der Waals surface area (Å²) in [6.45, 7) is 2.48. The Balaban J connectivity index is 1.80. The molecule has 0 aromatic carbocycles. The third-order valence-electron chi connectivity index (χ3n) is 3.52. The number of piperidine rings is 1. The summed E-state index contributed by atoms with van der Waals surface area (Å²) in [7, 11) is 0. The lowest BCUT2D eigenvalue weighted by atomic mass is 9.98. The maximum absolute atomic E-state index is 13.2. The largest absolute Gasteiger partial charge is 0.317 e. The number of fused-ring (bicyclic) bond motifs is 1. The molecule has 1 aromatic rings. The van der Waals surface area contributed by atoms with Crippen molar-refractivity contribution in [1.82, 2.24) is 20.1 Å². The van der Waals surface area contributed by atoms with Gasteiger partial charge in [0.25, 0.3) is 0 Å². The van der Waals surface area contributed by atoms with E-state index in [-0.39, 0.29) is 0 Å². The molecule has 1 saturated heterocycles. The van der Waals surface area contributed by atoms with E-state index in [2.05, 4.69) is 15.4 Å². The summed E-state index contributed by atoms with van der Waals surface area (Å²) in [5.41, 5.74) is 0. The van der Waals surface area contributed by atoms with Crippen molar-refractivity contribution in [3.63, 3.8) is 0 Å². The Kier molecular flexibility index (Phi) is 2.63. The zero-order valence-electron chi connectivity index (χ0n) is 9.32. The fourth-order valence-corrected chi connectivity index (χ4v) is 2.54. The molecule has 0 radical (unpaired) electrons. The van der Waals surface area contributed by atoms with Crippen LogP contribution in [0.5, 0.6) is 0 Å². The summed E-state index contributed by atoms with van der Waals surface area (Å²) in [5, 5.41) is 7.79. The predicted octanol–water partition coefficient (Wildman–Crippen LogP) is 1.03. The highest BCUT2D eigenvalue weighted by Crippen LogP contribution is 2.24. The quantitative estimate of drug-likeness (QED) is 0.774. The Morgan fingerprint density at radius 3 is 2.88 bits per heavy atom. The van der Waals surface area contributed by atoms with E-state index in [1.54, 1.807) is 4.68 Å². The topological polar surface area (TPSA) is 42.7 Å². The van der Waals surface area contributed by atoms with Crippen molar-refractivity contribution in [3.05, 3.63) is 11.6 Å². The van der Waals surface area contributed by atoms with E-state index in [1.165, 1.54) is 0 Å². The van der Waals surface area contributed by atoms with E-state index in [4.69, 9.17) is 0 Å². The molecule has 1 atom stereocenters. The second kappa shape index (κ2) is 4.13. The Hall–Kier alpha value is -0.970. The number of hydrogen-bond donors (Lipinski definition) is 1. The van der Waals surface area contributed by atoms with Gasteiger partial charge in [0, 0.05) is 12.3 Å². The van der Waals surface area contributed by atoms with E-state index in [9.17, 15) is 4.39 Å². The van der Waals surface area contributed by atoms with Crippen molar-refractivity contribution >= 4 is 0 Å². The highest BCUT2D eigenvalue weighted by molar-refractivity contribution is 5.03. The van der Waals surface area contributed by atoms with Crippen molar-refractivity contribution in [1.29, 1.82) is 0 Å². The first kappa shape index (κ1) is 10.2. The van der Waals surface area contributed by atoms with Gasteiger partial charge in [-0.3, -0.25) is 0 Å². The zero-order valence-corrected chi connectivity index (χ0v) is 9.32. The van der Waals surface area contributed by atoms with Crippen LogP contribution in [0.1, 0.15) is 36.8 Å². The lowest BCUT2D eigenvalue weighted by Crippen LogP contribution is -2.27. The third kappa shape index (κ3) is 1.84. The monoisotopic (exact) mass is 224 g/mol. The van der Waals surface area contributed by atoms with Gasteiger partial charge in [0.05, 0.1) is 6.54 Å². The summed E-state index contributed by atoms with van der Waals surface area (Å²) in [6, 6.07) is 0. The molecule has 2 aliphatic rings. The molecule has 4 nitrogen and oxygen atoms in total. The third-order valence-corrected chi connectivity index (χ3v) is 3.52. The maximum Gasteiger partial charge on any atom is 0.154 e.